The van der Waals surface area contributed by atoms with Crippen LogP contribution in [0.15, 0.2) is 11.5 Å². The lowest BCUT2D eigenvalue weighted by molar-refractivity contribution is -0.137. The Morgan fingerprint density at radius 1 is 1.67 bits per heavy atom. The summed E-state index contributed by atoms with van der Waals surface area (Å²) in [4.78, 5) is 10.3. The third-order valence-electron chi connectivity index (χ3n) is 2.22. The Kier molecular flexibility index (Phi) is 3.87. The van der Waals surface area contributed by atoms with Gasteiger partial charge in [0.2, 0.25) is 0 Å². The van der Waals surface area contributed by atoms with Crippen LogP contribution in [-0.4, -0.2) is 37.3 Å². The van der Waals surface area contributed by atoms with Crippen LogP contribution in [0, 0.1) is 0 Å². The van der Waals surface area contributed by atoms with Crippen LogP contribution < -0.4 is 5.32 Å². The summed E-state index contributed by atoms with van der Waals surface area (Å²) in [6.07, 6.45) is 2.20. The van der Waals surface area contributed by atoms with Gasteiger partial charge in [0.25, 0.3) is 0 Å². The molecule has 0 aromatic rings. The van der Waals surface area contributed by atoms with Crippen molar-refractivity contribution in [3.8, 4) is 0 Å². The molecule has 0 saturated carbocycles. The lowest BCUT2D eigenvalue weighted by Gasteiger charge is -2.16. The van der Waals surface area contributed by atoms with Crippen molar-refractivity contribution in [3.05, 3.63) is 11.5 Å². The van der Waals surface area contributed by atoms with Crippen molar-refractivity contribution in [3.63, 3.8) is 0 Å². The number of hydrogen-bond acceptors (Lipinski definition) is 4. The Morgan fingerprint density at radius 2 is 2.33 bits per heavy atom. The maximum absolute atomic E-state index is 11.1. The van der Waals surface area contributed by atoms with Gasteiger partial charge in [-0.15, -0.1) is 0 Å². The molecule has 0 fully saturated rings. The molecule has 0 spiro atoms. The van der Waals surface area contributed by atoms with E-state index < -0.39 is 15.8 Å². The number of carboxylic acids is 1. The molecule has 2 N–H and O–H groups in total. The number of nitrogens with one attached hydrogen (secondary N) is 1. The molecule has 0 aromatic carbocycles. The third-order valence-corrected chi connectivity index (χ3v) is 3.62. The third kappa shape index (κ3) is 4.44. The molecule has 5 nitrogen and oxygen atoms in total. The minimum atomic E-state index is -3.03. The Balaban J connectivity index is 2.31. The summed E-state index contributed by atoms with van der Waals surface area (Å²) < 4.78 is 22.1. The van der Waals surface area contributed by atoms with Crippen LogP contribution in [0.4, 0.5) is 0 Å². The maximum atomic E-state index is 11.1. The fraction of sp³-hybridized carbons (Fsp3) is 0.667. The summed E-state index contributed by atoms with van der Waals surface area (Å²) in [5.74, 6) is -0.761. The highest BCUT2D eigenvalue weighted by Gasteiger charge is 2.22. The lowest BCUT2D eigenvalue weighted by Crippen LogP contribution is -2.37. The number of carboxylic acid groups (broad SMARTS) is 1. The van der Waals surface area contributed by atoms with E-state index in [0.717, 1.165) is 0 Å². The van der Waals surface area contributed by atoms with Crippen molar-refractivity contribution in [1.82, 2.24) is 5.32 Å². The molecule has 1 heterocycles. The van der Waals surface area contributed by atoms with Gasteiger partial charge >= 0.3 is 5.97 Å². The first-order chi connectivity index (χ1) is 6.89. The van der Waals surface area contributed by atoms with E-state index in [-0.39, 0.29) is 24.3 Å². The van der Waals surface area contributed by atoms with Crippen LogP contribution in [0.3, 0.4) is 0 Å². The molecular weight excluding hydrogens is 218 g/mol. The zero-order valence-corrected chi connectivity index (χ0v) is 9.33. The second-order valence-electron chi connectivity index (χ2n) is 3.76. The number of sulfone groups is 1. The number of rotatable bonds is 5. The minimum absolute atomic E-state index is 0.00375. The quantitative estimate of drug-likeness (QED) is 0.705. The summed E-state index contributed by atoms with van der Waals surface area (Å²) in [7, 11) is -3.03. The molecule has 0 bridgehead atoms. The zero-order valence-electron chi connectivity index (χ0n) is 8.51. The van der Waals surface area contributed by atoms with Crippen LogP contribution in [0.5, 0.6) is 0 Å². The smallest absolute Gasteiger partial charge is 0.303 e. The van der Waals surface area contributed by atoms with Crippen LogP contribution in [0.25, 0.3) is 0 Å². The van der Waals surface area contributed by atoms with E-state index in [1.165, 1.54) is 5.41 Å². The van der Waals surface area contributed by atoms with Gasteiger partial charge < -0.3 is 10.4 Å². The fourth-order valence-corrected chi connectivity index (χ4v) is 2.72. The van der Waals surface area contributed by atoms with E-state index in [0.29, 0.717) is 6.42 Å². The molecule has 2 atom stereocenters. The van der Waals surface area contributed by atoms with E-state index in [1.807, 2.05) is 6.92 Å². The molecule has 1 aliphatic heterocycles. The molecule has 0 amide bonds. The second-order valence-corrected chi connectivity index (χ2v) is 5.70. The monoisotopic (exact) mass is 233 g/mol. The Bertz CT molecular complexity index is 360. The predicted octanol–water partition coefficient (Wildman–Crippen LogP) is 0.140. The van der Waals surface area contributed by atoms with E-state index in [9.17, 15) is 13.2 Å². The van der Waals surface area contributed by atoms with Crippen LogP contribution in [0.1, 0.15) is 19.8 Å². The number of aliphatic carboxylic acids is 1. The standard InChI is InChI=1S/C9H15NO4S/c1-7(2-3-9(11)12)10-8-4-5-15(13,14)6-8/h4-5,7-8,10H,2-3,6H2,1H3,(H,11,12). The van der Waals surface area contributed by atoms with Gasteiger partial charge in [0, 0.05) is 23.9 Å². The Morgan fingerprint density at radius 3 is 2.80 bits per heavy atom. The summed E-state index contributed by atoms with van der Waals surface area (Å²) in [6.45, 7) is 1.85. The topological polar surface area (TPSA) is 83.5 Å². The number of carbonyl (C=O) groups is 1. The average Bonchev–Trinajstić information content (AvgIpc) is 2.42. The van der Waals surface area contributed by atoms with Gasteiger partial charge in [-0.2, -0.15) is 0 Å². The van der Waals surface area contributed by atoms with Gasteiger partial charge in [-0.1, -0.05) is 6.08 Å². The van der Waals surface area contributed by atoms with Crippen molar-refractivity contribution in [2.45, 2.75) is 31.8 Å². The average molecular weight is 233 g/mol. The molecule has 0 saturated heterocycles. The van der Waals surface area contributed by atoms with Crippen molar-refractivity contribution in [1.29, 1.82) is 0 Å². The predicted molar refractivity (Wildman–Crippen MR) is 56.2 cm³/mol. The largest absolute Gasteiger partial charge is 0.481 e. The van der Waals surface area contributed by atoms with E-state index in [2.05, 4.69) is 5.32 Å². The first kappa shape index (κ1) is 12.2. The summed E-state index contributed by atoms with van der Waals surface area (Å²) in [6, 6.07) is -0.178. The van der Waals surface area contributed by atoms with Crippen molar-refractivity contribution < 1.29 is 18.3 Å². The highest BCUT2D eigenvalue weighted by Crippen LogP contribution is 2.09. The van der Waals surface area contributed by atoms with E-state index >= 15 is 0 Å². The van der Waals surface area contributed by atoms with Crippen LogP contribution >= 0.6 is 0 Å². The molecule has 15 heavy (non-hydrogen) atoms. The first-order valence-electron chi connectivity index (χ1n) is 4.78. The van der Waals surface area contributed by atoms with Gasteiger partial charge in [-0.25, -0.2) is 8.42 Å². The second kappa shape index (κ2) is 4.76. The van der Waals surface area contributed by atoms with Gasteiger partial charge in [0.15, 0.2) is 9.84 Å². The highest BCUT2D eigenvalue weighted by molar-refractivity contribution is 7.94. The number of hydrogen-bond donors (Lipinski definition) is 2. The van der Waals surface area contributed by atoms with Gasteiger partial charge in [-0.3, -0.25) is 4.79 Å². The van der Waals surface area contributed by atoms with Crippen molar-refractivity contribution in [2.24, 2.45) is 0 Å². The molecule has 1 rings (SSSR count). The zero-order chi connectivity index (χ0) is 11.5. The van der Waals surface area contributed by atoms with Crippen molar-refractivity contribution >= 4 is 15.8 Å². The molecular formula is C9H15NO4S. The Labute approximate surface area is 89.1 Å². The molecule has 0 aromatic heterocycles. The molecule has 2 unspecified atom stereocenters. The molecule has 0 radical (unpaired) electrons. The van der Waals surface area contributed by atoms with Gasteiger partial charge in [0.1, 0.15) is 0 Å². The van der Waals surface area contributed by atoms with E-state index in [1.54, 1.807) is 6.08 Å². The highest BCUT2D eigenvalue weighted by atomic mass is 32.2. The molecule has 86 valence electrons. The molecule has 6 heteroatoms. The fourth-order valence-electron chi connectivity index (χ4n) is 1.47. The minimum Gasteiger partial charge on any atom is -0.481 e. The van der Waals surface area contributed by atoms with Gasteiger partial charge in [0.05, 0.1) is 5.75 Å². The summed E-state index contributed by atoms with van der Waals surface area (Å²) in [5, 5.41) is 12.7. The Hall–Kier alpha value is -0.880. The molecule has 0 aliphatic carbocycles. The van der Waals surface area contributed by atoms with Crippen LogP contribution in [-0.2, 0) is 14.6 Å². The SMILES string of the molecule is CC(CCC(=O)O)NC1C=CS(=O)(=O)C1. The van der Waals surface area contributed by atoms with Gasteiger partial charge in [-0.05, 0) is 13.3 Å². The van der Waals surface area contributed by atoms with Crippen LogP contribution in [0.2, 0.25) is 0 Å². The maximum Gasteiger partial charge on any atom is 0.303 e. The van der Waals surface area contributed by atoms with E-state index in [4.69, 9.17) is 5.11 Å². The lowest BCUT2D eigenvalue weighted by atomic mass is 10.1. The normalized spacial score (nSPS) is 25.3. The first-order valence-corrected chi connectivity index (χ1v) is 6.49. The summed E-state index contributed by atoms with van der Waals surface area (Å²) >= 11 is 0. The van der Waals surface area contributed by atoms with Crippen molar-refractivity contribution in [2.75, 3.05) is 5.75 Å². The molecule has 1 aliphatic rings. The summed E-state index contributed by atoms with van der Waals surface area (Å²) in [5.41, 5.74) is 0.